The lowest BCUT2D eigenvalue weighted by Gasteiger charge is -2.56. The second-order valence-electron chi connectivity index (χ2n) is 11.9. The molecule has 0 aromatic heterocycles. The number of carbonyl (C=O) groups excluding carboxylic acids is 3. The summed E-state index contributed by atoms with van der Waals surface area (Å²) < 4.78 is 5.53. The van der Waals surface area contributed by atoms with E-state index in [1.54, 1.807) is 11.8 Å². The number of esters is 1. The SMILES string of the molecule is CC(OC(=O)[C@@H]1CC(O)CN1C(=O)C12CC3CC(CC(C3)C1)C2)C(=O)NCC1CCCCC1. The van der Waals surface area contributed by atoms with Crippen LogP contribution in [-0.4, -0.2) is 59.1 Å². The Labute approximate surface area is 197 Å². The zero-order valence-electron chi connectivity index (χ0n) is 20.0. The molecule has 2 amide bonds. The van der Waals surface area contributed by atoms with Crippen LogP contribution in [0, 0.1) is 29.1 Å². The van der Waals surface area contributed by atoms with Crippen LogP contribution in [0.1, 0.15) is 84.0 Å². The summed E-state index contributed by atoms with van der Waals surface area (Å²) in [6.45, 7) is 2.40. The fraction of sp³-hybridized carbons (Fsp3) is 0.885. The maximum Gasteiger partial charge on any atom is 0.329 e. The predicted octanol–water partition coefficient (Wildman–Crippen LogP) is 2.79. The second-order valence-corrected chi connectivity index (χ2v) is 11.9. The molecule has 0 spiro atoms. The van der Waals surface area contributed by atoms with E-state index >= 15 is 0 Å². The van der Waals surface area contributed by atoms with Gasteiger partial charge in [0.15, 0.2) is 6.10 Å². The van der Waals surface area contributed by atoms with Gasteiger partial charge in [-0.2, -0.15) is 0 Å². The lowest BCUT2D eigenvalue weighted by molar-refractivity contribution is -0.168. The zero-order valence-corrected chi connectivity index (χ0v) is 20.0. The minimum Gasteiger partial charge on any atom is -0.451 e. The van der Waals surface area contributed by atoms with Crippen molar-refractivity contribution in [2.75, 3.05) is 13.1 Å². The van der Waals surface area contributed by atoms with Gasteiger partial charge in [0.25, 0.3) is 5.91 Å². The Balaban J connectivity index is 1.19. The van der Waals surface area contributed by atoms with Gasteiger partial charge in [-0.05, 0) is 82.0 Å². The first-order valence-corrected chi connectivity index (χ1v) is 13.3. The summed E-state index contributed by atoms with van der Waals surface area (Å²) >= 11 is 0. The average molecular weight is 461 g/mol. The van der Waals surface area contributed by atoms with Crippen molar-refractivity contribution in [3.05, 3.63) is 0 Å². The molecular formula is C26H40N2O5. The highest BCUT2D eigenvalue weighted by Crippen LogP contribution is 2.60. The molecule has 5 aliphatic carbocycles. The molecular weight excluding hydrogens is 420 g/mol. The molecule has 0 radical (unpaired) electrons. The quantitative estimate of drug-likeness (QED) is 0.594. The zero-order chi connectivity index (χ0) is 23.2. The molecule has 1 heterocycles. The van der Waals surface area contributed by atoms with Gasteiger partial charge in [-0.1, -0.05) is 19.3 Å². The van der Waals surface area contributed by atoms with E-state index in [-0.39, 0.29) is 30.2 Å². The molecule has 2 N–H and O–H groups in total. The predicted molar refractivity (Wildman–Crippen MR) is 122 cm³/mol. The van der Waals surface area contributed by atoms with Gasteiger partial charge >= 0.3 is 5.97 Å². The Kier molecular flexibility index (Phi) is 6.45. The first-order valence-electron chi connectivity index (χ1n) is 13.3. The lowest BCUT2D eigenvalue weighted by atomic mass is 9.49. The van der Waals surface area contributed by atoms with Gasteiger partial charge in [-0.3, -0.25) is 9.59 Å². The number of β-amino-alcohol motifs (C(OH)–C–C–N with tert-alkyl or cyclic N) is 1. The van der Waals surface area contributed by atoms with E-state index in [2.05, 4.69) is 5.32 Å². The summed E-state index contributed by atoms with van der Waals surface area (Å²) in [5.41, 5.74) is -0.361. The summed E-state index contributed by atoms with van der Waals surface area (Å²) in [6.07, 6.45) is 11.0. The normalized spacial score (nSPS) is 38.8. The molecule has 6 fully saturated rings. The van der Waals surface area contributed by atoms with E-state index in [9.17, 15) is 19.5 Å². The largest absolute Gasteiger partial charge is 0.451 e. The monoisotopic (exact) mass is 460 g/mol. The molecule has 0 aromatic rings. The van der Waals surface area contributed by atoms with E-state index in [1.807, 2.05) is 0 Å². The molecule has 1 aliphatic heterocycles. The highest BCUT2D eigenvalue weighted by Gasteiger charge is 2.57. The third-order valence-corrected chi connectivity index (χ3v) is 9.26. The fourth-order valence-corrected chi connectivity index (χ4v) is 8.03. The van der Waals surface area contributed by atoms with Gasteiger partial charge in [-0.25, -0.2) is 4.79 Å². The number of aliphatic hydroxyl groups excluding tert-OH is 1. The highest BCUT2D eigenvalue weighted by molar-refractivity contribution is 5.90. The van der Waals surface area contributed by atoms with Crippen LogP contribution in [0.3, 0.4) is 0 Å². The molecule has 184 valence electrons. The van der Waals surface area contributed by atoms with Crippen molar-refractivity contribution in [1.29, 1.82) is 0 Å². The standard InChI is InChI=1S/C26H40N2O5/c1-16(23(30)27-14-17-5-3-2-4-6-17)33-24(31)22-10-21(29)15-28(22)25(32)26-11-18-7-19(12-26)9-20(8-18)13-26/h16-22,29H,2-15H2,1H3,(H,27,30)/t16?,18?,19?,20?,21?,22-,26?/m0/s1. The lowest BCUT2D eigenvalue weighted by Crippen LogP contribution is -2.56. The molecule has 33 heavy (non-hydrogen) atoms. The van der Waals surface area contributed by atoms with Gasteiger partial charge in [-0.15, -0.1) is 0 Å². The van der Waals surface area contributed by atoms with Crippen LogP contribution in [0.4, 0.5) is 0 Å². The summed E-state index contributed by atoms with van der Waals surface area (Å²) in [7, 11) is 0. The first kappa shape index (κ1) is 23.1. The van der Waals surface area contributed by atoms with Crippen molar-refractivity contribution < 1.29 is 24.2 Å². The van der Waals surface area contributed by atoms with Crippen molar-refractivity contribution in [1.82, 2.24) is 10.2 Å². The molecule has 0 aromatic carbocycles. The van der Waals surface area contributed by atoms with Crippen LogP contribution < -0.4 is 5.32 Å². The Hall–Kier alpha value is -1.63. The van der Waals surface area contributed by atoms with Crippen LogP contribution in [0.15, 0.2) is 0 Å². The smallest absolute Gasteiger partial charge is 0.329 e. The molecule has 4 bridgehead atoms. The van der Waals surface area contributed by atoms with E-state index in [0.29, 0.717) is 30.2 Å². The van der Waals surface area contributed by atoms with E-state index < -0.39 is 24.2 Å². The van der Waals surface area contributed by atoms with Crippen LogP contribution in [0.2, 0.25) is 0 Å². The summed E-state index contributed by atoms with van der Waals surface area (Å²) in [6, 6.07) is -0.797. The number of amides is 2. The summed E-state index contributed by atoms with van der Waals surface area (Å²) in [5.74, 6) is 1.58. The second kappa shape index (κ2) is 9.20. The third-order valence-electron chi connectivity index (χ3n) is 9.26. The third kappa shape index (κ3) is 4.67. The number of rotatable bonds is 6. The van der Waals surface area contributed by atoms with Gasteiger partial charge in [0.2, 0.25) is 5.91 Å². The Morgan fingerprint density at radius 3 is 2.21 bits per heavy atom. The summed E-state index contributed by atoms with van der Waals surface area (Å²) in [5, 5.41) is 13.3. The fourth-order valence-electron chi connectivity index (χ4n) is 8.03. The molecule has 7 heteroatoms. The molecule has 6 rings (SSSR count). The van der Waals surface area contributed by atoms with E-state index in [1.165, 1.54) is 38.5 Å². The average Bonchev–Trinajstić information content (AvgIpc) is 3.18. The number of aliphatic hydroxyl groups is 1. The van der Waals surface area contributed by atoms with Gasteiger partial charge in [0.1, 0.15) is 6.04 Å². The molecule has 7 nitrogen and oxygen atoms in total. The maximum atomic E-state index is 13.8. The van der Waals surface area contributed by atoms with E-state index in [0.717, 1.165) is 32.1 Å². The highest BCUT2D eigenvalue weighted by atomic mass is 16.5. The topological polar surface area (TPSA) is 95.9 Å². The Morgan fingerprint density at radius 1 is 1.00 bits per heavy atom. The number of nitrogens with zero attached hydrogens (tertiary/aromatic N) is 1. The molecule has 3 atom stereocenters. The van der Waals surface area contributed by atoms with Crippen LogP contribution in [0.25, 0.3) is 0 Å². The van der Waals surface area contributed by atoms with Crippen molar-refractivity contribution in [3.63, 3.8) is 0 Å². The van der Waals surface area contributed by atoms with Crippen LogP contribution in [0.5, 0.6) is 0 Å². The number of hydrogen-bond acceptors (Lipinski definition) is 5. The number of nitrogens with one attached hydrogen (secondary N) is 1. The van der Waals surface area contributed by atoms with Gasteiger partial charge < -0.3 is 20.1 Å². The van der Waals surface area contributed by atoms with Gasteiger partial charge in [0.05, 0.1) is 11.5 Å². The maximum absolute atomic E-state index is 13.8. The van der Waals surface area contributed by atoms with Crippen LogP contribution in [-0.2, 0) is 19.1 Å². The molecule has 5 saturated carbocycles. The minimum atomic E-state index is -0.907. The number of likely N-dealkylation sites (tertiary alicyclic amines) is 1. The van der Waals surface area contributed by atoms with E-state index in [4.69, 9.17) is 4.74 Å². The number of carbonyl (C=O) groups is 3. The molecule has 2 unspecified atom stereocenters. The number of hydrogen-bond donors (Lipinski definition) is 2. The molecule has 1 saturated heterocycles. The van der Waals surface area contributed by atoms with Crippen molar-refractivity contribution >= 4 is 17.8 Å². The Bertz CT molecular complexity index is 741. The van der Waals surface area contributed by atoms with Gasteiger partial charge in [0, 0.05) is 19.5 Å². The summed E-state index contributed by atoms with van der Waals surface area (Å²) in [4.78, 5) is 40.9. The van der Waals surface area contributed by atoms with Crippen molar-refractivity contribution in [2.24, 2.45) is 29.1 Å². The van der Waals surface area contributed by atoms with Crippen molar-refractivity contribution in [3.8, 4) is 0 Å². The van der Waals surface area contributed by atoms with Crippen molar-refractivity contribution in [2.45, 2.75) is 102 Å². The number of ether oxygens (including phenoxy) is 1. The Morgan fingerprint density at radius 2 is 1.61 bits per heavy atom. The van der Waals surface area contributed by atoms with Crippen LogP contribution >= 0.6 is 0 Å². The minimum absolute atomic E-state index is 0.0366. The first-order chi connectivity index (χ1) is 15.8. The molecule has 6 aliphatic rings.